The van der Waals surface area contributed by atoms with Gasteiger partial charge in [0.2, 0.25) is 11.8 Å². The number of ether oxygens (including phenoxy) is 3. The molecule has 4 amide bonds. The van der Waals surface area contributed by atoms with Gasteiger partial charge in [-0.3, -0.25) is 14.6 Å². The third kappa shape index (κ3) is 8.10. The first-order chi connectivity index (χ1) is 26.6. The minimum absolute atomic E-state index is 0.00675. The van der Waals surface area contributed by atoms with E-state index in [9.17, 15) is 19.2 Å². The Kier molecular flexibility index (Phi) is 11.5. The third-order valence-electron chi connectivity index (χ3n) is 11.6. The molecule has 1 aliphatic carbocycles. The second kappa shape index (κ2) is 16.6. The molecule has 1 saturated carbocycles. The molecule has 14 heteroatoms. The molecule has 4 aliphatic rings. The molecule has 5 atom stereocenters. The summed E-state index contributed by atoms with van der Waals surface area (Å²) >= 11 is 0. The number of benzene rings is 2. The van der Waals surface area contributed by atoms with Crippen molar-refractivity contribution in [3.63, 3.8) is 0 Å². The Hall–Kier alpha value is -5.24. The van der Waals surface area contributed by atoms with Crippen molar-refractivity contribution in [3.8, 4) is 11.3 Å². The highest BCUT2D eigenvalue weighted by molar-refractivity contribution is 6.03. The van der Waals surface area contributed by atoms with Crippen LogP contribution in [0.2, 0.25) is 0 Å². The molecule has 3 aliphatic heterocycles. The fraction of sp³-hybridized carbons (Fsp3) is 0.512. The Labute approximate surface area is 321 Å². The van der Waals surface area contributed by atoms with Crippen LogP contribution in [0.25, 0.3) is 27.6 Å². The minimum Gasteiger partial charge on any atom is -0.453 e. The second-order valence-corrected chi connectivity index (χ2v) is 15.2. The summed E-state index contributed by atoms with van der Waals surface area (Å²) in [4.78, 5) is 66.7. The molecule has 55 heavy (non-hydrogen) atoms. The SMILES string of the molecule is COC(=O)NC(C(=O)N1CCCC1c1ncc(-c2ccc3cc(C4=CN=C([C@H]5CCCC[C@H]5C(=O)N(NC(=O)OC)C(C)C)C4)ccc3c2)[nH]1)C1CCOC1. The van der Waals surface area contributed by atoms with Crippen LogP contribution >= 0.6 is 0 Å². The molecule has 2 saturated heterocycles. The number of carbonyl (C=O) groups is 4. The van der Waals surface area contributed by atoms with E-state index in [1.807, 2.05) is 31.1 Å². The maximum absolute atomic E-state index is 13.9. The molecule has 3 fully saturated rings. The van der Waals surface area contributed by atoms with Crippen molar-refractivity contribution in [1.82, 2.24) is 30.6 Å². The molecule has 3 aromatic rings. The number of aromatic amines is 1. The van der Waals surface area contributed by atoms with Crippen LogP contribution in [0.4, 0.5) is 9.59 Å². The Balaban J connectivity index is 1.02. The number of hydrogen-bond donors (Lipinski definition) is 3. The van der Waals surface area contributed by atoms with Crippen LogP contribution in [0.3, 0.4) is 0 Å². The summed E-state index contributed by atoms with van der Waals surface area (Å²) in [5.41, 5.74) is 7.68. The van der Waals surface area contributed by atoms with Crippen molar-refractivity contribution in [2.45, 2.75) is 83.3 Å². The molecule has 0 spiro atoms. The zero-order chi connectivity index (χ0) is 38.6. The number of amides is 4. The number of nitrogens with zero attached hydrogens (tertiary/aromatic N) is 4. The molecule has 292 valence electrons. The average Bonchev–Trinajstić information content (AvgIpc) is 4.05. The topological polar surface area (TPSA) is 168 Å². The van der Waals surface area contributed by atoms with Gasteiger partial charge in [0, 0.05) is 60.8 Å². The van der Waals surface area contributed by atoms with Gasteiger partial charge in [-0.05, 0) is 80.0 Å². The summed E-state index contributed by atoms with van der Waals surface area (Å²) in [7, 11) is 2.58. The molecule has 2 aromatic carbocycles. The summed E-state index contributed by atoms with van der Waals surface area (Å²) < 4.78 is 15.1. The van der Waals surface area contributed by atoms with Gasteiger partial charge < -0.3 is 29.4 Å². The molecule has 3 N–H and O–H groups in total. The number of rotatable bonds is 9. The van der Waals surface area contributed by atoms with Crippen LogP contribution in [-0.4, -0.2) is 95.7 Å². The number of carbonyl (C=O) groups excluding carboxylic acids is 4. The first-order valence-corrected chi connectivity index (χ1v) is 19.4. The van der Waals surface area contributed by atoms with Crippen LogP contribution < -0.4 is 10.7 Å². The van der Waals surface area contributed by atoms with Gasteiger partial charge in [0.1, 0.15) is 11.9 Å². The summed E-state index contributed by atoms with van der Waals surface area (Å²) in [6.45, 7) is 5.31. The standard InChI is InChI=1S/C41H51N7O7/c1-24(2)48(46-41(52)54-4)38(49)32-9-6-5-8-31(32)33-20-30(21-42-33)27-12-11-26-19-28(14-13-25(26)18-27)34-22-43-37(44-34)35-10-7-16-47(35)39(50)36(45-40(51)53-3)29-15-17-55-23-29/h11-14,18-19,21-22,24,29,31-32,35-36H,5-10,15-17,20,23H2,1-4H3,(H,43,44)(H,45,51)(H,46,52)/t29?,31-,32+,35?,36?/m0/s1. The number of nitrogens with one attached hydrogen (secondary N) is 3. The minimum atomic E-state index is -0.723. The molecule has 3 unspecified atom stereocenters. The summed E-state index contributed by atoms with van der Waals surface area (Å²) in [6, 6.07) is 11.6. The van der Waals surface area contributed by atoms with Gasteiger partial charge in [-0.25, -0.2) is 25.0 Å². The molecule has 4 heterocycles. The van der Waals surface area contributed by atoms with E-state index in [1.165, 1.54) is 19.2 Å². The maximum Gasteiger partial charge on any atom is 0.425 e. The molecule has 1 aromatic heterocycles. The number of aromatic nitrogens is 2. The second-order valence-electron chi connectivity index (χ2n) is 15.2. The normalized spacial score (nSPS) is 23.0. The van der Waals surface area contributed by atoms with Gasteiger partial charge in [0.05, 0.1) is 38.8 Å². The Morgan fingerprint density at radius 3 is 2.42 bits per heavy atom. The van der Waals surface area contributed by atoms with Crippen molar-refractivity contribution < 1.29 is 33.4 Å². The number of hydrogen-bond acceptors (Lipinski definition) is 9. The van der Waals surface area contributed by atoms with E-state index >= 15 is 0 Å². The first kappa shape index (κ1) is 38.1. The zero-order valence-corrected chi connectivity index (χ0v) is 32.0. The van der Waals surface area contributed by atoms with Gasteiger partial charge in [0.25, 0.3) is 0 Å². The molecule has 7 rings (SSSR count). The van der Waals surface area contributed by atoms with Crippen LogP contribution in [0.15, 0.2) is 53.8 Å². The van der Waals surface area contributed by atoms with Gasteiger partial charge in [-0.15, -0.1) is 0 Å². The predicted octanol–water partition coefficient (Wildman–Crippen LogP) is 6.15. The van der Waals surface area contributed by atoms with Crippen molar-refractivity contribution in [3.05, 3.63) is 60.2 Å². The van der Waals surface area contributed by atoms with E-state index < -0.39 is 18.2 Å². The smallest absolute Gasteiger partial charge is 0.425 e. The van der Waals surface area contributed by atoms with Crippen LogP contribution in [-0.2, 0) is 23.8 Å². The van der Waals surface area contributed by atoms with Crippen LogP contribution in [0.5, 0.6) is 0 Å². The number of imidazole rings is 1. The zero-order valence-electron chi connectivity index (χ0n) is 32.0. The summed E-state index contributed by atoms with van der Waals surface area (Å²) in [5, 5.41) is 6.34. The lowest BCUT2D eigenvalue weighted by atomic mass is 9.74. The fourth-order valence-electron chi connectivity index (χ4n) is 8.58. The number of hydrazine groups is 1. The van der Waals surface area contributed by atoms with E-state index in [0.717, 1.165) is 83.2 Å². The lowest BCUT2D eigenvalue weighted by Crippen LogP contribution is -2.54. The molecular weight excluding hydrogens is 702 g/mol. The number of methoxy groups -OCH3 is 2. The van der Waals surface area contributed by atoms with Crippen molar-refractivity contribution in [1.29, 1.82) is 0 Å². The van der Waals surface area contributed by atoms with E-state index in [0.29, 0.717) is 32.6 Å². The van der Waals surface area contributed by atoms with Crippen molar-refractivity contribution in [2.24, 2.45) is 22.7 Å². The molecule has 0 radical (unpaired) electrons. The van der Waals surface area contributed by atoms with Crippen LogP contribution in [0, 0.1) is 17.8 Å². The van der Waals surface area contributed by atoms with Gasteiger partial charge in [-0.1, -0.05) is 37.1 Å². The maximum atomic E-state index is 13.9. The average molecular weight is 754 g/mol. The number of H-pyrrole nitrogens is 1. The van der Waals surface area contributed by atoms with Crippen molar-refractivity contribution >= 4 is 46.1 Å². The number of aliphatic imine (C=N–C) groups is 1. The number of alkyl carbamates (subject to hydrolysis) is 1. The van der Waals surface area contributed by atoms with Gasteiger partial charge in [-0.2, -0.15) is 0 Å². The quantitative estimate of drug-likeness (QED) is 0.219. The largest absolute Gasteiger partial charge is 0.453 e. The molecular formula is C41H51N7O7. The Morgan fingerprint density at radius 1 is 0.945 bits per heavy atom. The third-order valence-corrected chi connectivity index (χ3v) is 11.6. The van der Waals surface area contributed by atoms with E-state index in [2.05, 4.69) is 52.1 Å². The van der Waals surface area contributed by atoms with E-state index in [4.69, 9.17) is 24.2 Å². The monoisotopic (exact) mass is 753 g/mol. The fourth-order valence-corrected chi connectivity index (χ4v) is 8.58. The van der Waals surface area contributed by atoms with Gasteiger partial charge in [0.15, 0.2) is 0 Å². The molecule has 14 nitrogen and oxygen atoms in total. The summed E-state index contributed by atoms with van der Waals surface area (Å²) in [5.74, 6) is 0.109. The summed E-state index contributed by atoms with van der Waals surface area (Å²) in [6.07, 6.45) is 9.08. The predicted molar refractivity (Wildman–Crippen MR) is 206 cm³/mol. The highest BCUT2D eigenvalue weighted by Gasteiger charge is 2.41. The number of fused-ring (bicyclic) bond motifs is 1. The number of allylic oxidation sites excluding steroid dienone is 1. The lowest BCUT2D eigenvalue weighted by molar-refractivity contribution is -0.142. The van der Waals surface area contributed by atoms with Crippen molar-refractivity contribution in [2.75, 3.05) is 34.0 Å². The van der Waals surface area contributed by atoms with E-state index in [-0.39, 0.29) is 41.7 Å². The first-order valence-electron chi connectivity index (χ1n) is 19.4. The van der Waals surface area contributed by atoms with Gasteiger partial charge >= 0.3 is 12.2 Å². The van der Waals surface area contributed by atoms with E-state index in [1.54, 1.807) is 0 Å². The highest BCUT2D eigenvalue weighted by Crippen LogP contribution is 2.39. The molecule has 0 bridgehead atoms. The van der Waals surface area contributed by atoms with Crippen LogP contribution in [0.1, 0.15) is 82.6 Å². The number of likely N-dealkylation sites (tertiary alicyclic amines) is 1. The lowest BCUT2D eigenvalue weighted by Gasteiger charge is -2.36. The Morgan fingerprint density at radius 2 is 1.69 bits per heavy atom. The highest BCUT2D eigenvalue weighted by atomic mass is 16.5. The Bertz CT molecular complexity index is 1980.